The molecule has 2 aromatic rings. The van der Waals surface area contributed by atoms with Gasteiger partial charge < -0.3 is 10.6 Å². The summed E-state index contributed by atoms with van der Waals surface area (Å²) < 4.78 is 26.7. The summed E-state index contributed by atoms with van der Waals surface area (Å²) in [5.41, 5.74) is 1.95. The van der Waals surface area contributed by atoms with Gasteiger partial charge >= 0.3 is 0 Å². The number of nitrogens with one attached hydrogen (secondary N) is 3. The molecular formula is C18H21N3O4S. The van der Waals surface area contributed by atoms with E-state index in [2.05, 4.69) is 15.4 Å². The molecule has 0 radical (unpaired) electrons. The lowest BCUT2D eigenvalue weighted by Gasteiger charge is -2.11. The molecule has 0 atom stereocenters. The molecule has 2 aromatic carbocycles. The molecule has 0 spiro atoms. The molecule has 7 nitrogen and oxygen atoms in total. The van der Waals surface area contributed by atoms with Gasteiger partial charge in [-0.05, 0) is 42.8 Å². The van der Waals surface area contributed by atoms with E-state index in [9.17, 15) is 18.0 Å². The van der Waals surface area contributed by atoms with Gasteiger partial charge in [-0.2, -0.15) is 0 Å². The number of sulfonamides is 1. The van der Waals surface area contributed by atoms with Gasteiger partial charge in [-0.25, -0.2) is 13.1 Å². The predicted molar refractivity (Wildman–Crippen MR) is 101 cm³/mol. The zero-order valence-corrected chi connectivity index (χ0v) is 15.6. The van der Waals surface area contributed by atoms with Gasteiger partial charge in [0.1, 0.15) is 0 Å². The van der Waals surface area contributed by atoms with Crippen LogP contribution in [0.4, 0.5) is 11.4 Å². The van der Waals surface area contributed by atoms with Crippen molar-refractivity contribution < 1.29 is 18.0 Å². The van der Waals surface area contributed by atoms with Crippen LogP contribution in [0, 0.1) is 6.92 Å². The summed E-state index contributed by atoms with van der Waals surface area (Å²) in [6.07, 6.45) is 0. The number of aryl methyl sites for hydroxylation is 1. The molecule has 0 unspecified atom stereocenters. The van der Waals surface area contributed by atoms with Gasteiger partial charge in [0.15, 0.2) is 0 Å². The molecule has 0 aliphatic heterocycles. The molecule has 26 heavy (non-hydrogen) atoms. The fourth-order valence-corrected chi connectivity index (χ4v) is 3.43. The third-order valence-electron chi connectivity index (χ3n) is 3.54. The summed E-state index contributed by atoms with van der Waals surface area (Å²) in [6, 6.07) is 11.1. The molecule has 0 saturated carbocycles. The van der Waals surface area contributed by atoms with Crippen LogP contribution in [0.15, 0.2) is 47.4 Å². The molecule has 0 bridgehead atoms. The van der Waals surface area contributed by atoms with Crippen molar-refractivity contribution in [2.24, 2.45) is 0 Å². The second-order valence-electron chi connectivity index (χ2n) is 5.69. The maximum atomic E-state index is 12.6. The monoisotopic (exact) mass is 375 g/mol. The topological polar surface area (TPSA) is 104 Å². The lowest BCUT2D eigenvalue weighted by Crippen LogP contribution is -2.24. The van der Waals surface area contributed by atoms with E-state index < -0.39 is 15.9 Å². The Kier molecular flexibility index (Phi) is 6.12. The van der Waals surface area contributed by atoms with Crippen LogP contribution in [-0.4, -0.2) is 26.8 Å². The Bertz CT molecular complexity index is 939. The smallest absolute Gasteiger partial charge is 0.255 e. The summed E-state index contributed by atoms with van der Waals surface area (Å²) in [5.74, 6) is -0.651. The fraction of sp³-hybridized carbons (Fsp3) is 0.222. The molecule has 0 heterocycles. The minimum absolute atomic E-state index is 0.0297. The largest absolute Gasteiger partial charge is 0.326 e. The molecule has 0 aliphatic rings. The van der Waals surface area contributed by atoms with Crippen molar-refractivity contribution in [2.75, 3.05) is 17.2 Å². The minimum atomic E-state index is -3.65. The number of hydrogen-bond donors (Lipinski definition) is 3. The highest BCUT2D eigenvalue weighted by atomic mass is 32.2. The first-order valence-electron chi connectivity index (χ1n) is 8.02. The predicted octanol–water partition coefficient (Wildman–Crippen LogP) is 2.50. The van der Waals surface area contributed by atoms with E-state index in [1.54, 1.807) is 44.2 Å². The summed E-state index contributed by atoms with van der Waals surface area (Å²) >= 11 is 0. The molecule has 0 saturated heterocycles. The zero-order valence-electron chi connectivity index (χ0n) is 14.8. The SMILES string of the molecule is CCNS(=O)(=O)c1ccc(C)c(C(=O)Nc2cccc(NC(C)=O)c2)c1. The van der Waals surface area contributed by atoms with Crippen LogP contribution in [0.1, 0.15) is 29.8 Å². The van der Waals surface area contributed by atoms with E-state index >= 15 is 0 Å². The Morgan fingerprint density at radius 2 is 1.65 bits per heavy atom. The van der Waals surface area contributed by atoms with Crippen LogP contribution in [0.25, 0.3) is 0 Å². The van der Waals surface area contributed by atoms with Gasteiger partial charge in [-0.15, -0.1) is 0 Å². The van der Waals surface area contributed by atoms with Gasteiger partial charge in [-0.3, -0.25) is 9.59 Å². The third kappa shape index (κ3) is 4.90. The van der Waals surface area contributed by atoms with Crippen molar-refractivity contribution in [1.82, 2.24) is 4.72 Å². The fourth-order valence-electron chi connectivity index (χ4n) is 2.36. The quantitative estimate of drug-likeness (QED) is 0.721. The van der Waals surface area contributed by atoms with Crippen molar-refractivity contribution in [3.05, 3.63) is 53.6 Å². The number of rotatable bonds is 6. The van der Waals surface area contributed by atoms with Crippen molar-refractivity contribution in [2.45, 2.75) is 25.7 Å². The average molecular weight is 375 g/mol. The third-order valence-corrected chi connectivity index (χ3v) is 5.08. The molecule has 8 heteroatoms. The van der Waals surface area contributed by atoms with E-state index in [1.807, 2.05) is 0 Å². The molecule has 3 N–H and O–H groups in total. The van der Waals surface area contributed by atoms with E-state index in [4.69, 9.17) is 0 Å². The summed E-state index contributed by atoms with van der Waals surface area (Å²) in [7, 11) is -3.65. The van der Waals surface area contributed by atoms with Crippen molar-refractivity contribution in [1.29, 1.82) is 0 Å². The number of amides is 2. The number of benzene rings is 2. The second kappa shape index (κ2) is 8.11. The van der Waals surface area contributed by atoms with E-state index in [1.165, 1.54) is 19.1 Å². The summed E-state index contributed by atoms with van der Waals surface area (Å²) in [4.78, 5) is 23.8. The van der Waals surface area contributed by atoms with Crippen molar-refractivity contribution in [3.8, 4) is 0 Å². The minimum Gasteiger partial charge on any atom is -0.326 e. The molecule has 0 fully saturated rings. The first kappa shape index (κ1) is 19.6. The lowest BCUT2D eigenvalue weighted by molar-refractivity contribution is -0.114. The first-order valence-corrected chi connectivity index (χ1v) is 9.50. The van der Waals surface area contributed by atoms with Gasteiger partial charge in [0.05, 0.1) is 4.90 Å². The maximum absolute atomic E-state index is 12.6. The highest BCUT2D eigenvalue weighted by Gasteiger charge is 2.17. The first-order chi connectivity index (χ1) is 12.2. The van der Waals surface area contributed by atoms with Crippen molar-refractivity contribution in [3.63, 3.8) is 0 Å². The van der Waals surface area contributed by atoms with Crippen LogP contribution in [0.3, 0.4) is 0 Å². The molecule has 2 amide bonds. The maximum Gasteiger partial charge on any atom is 0.255 e. The molecule has 0 aliphatic carbocycles. The Morgan fingerprint density at radius 1 is 1.00 bits per heavy atom. The number of carbonyl (C=O) groups excluding carboxylic acids is 2. The van der Waals surface area contributed by atoms with E-state index in [-0.39, 0.29) is 22.9 Å². The Morgan fingerprint density at radius 3 is 2.27 bits per heavy atom. The number of carbonyl (C=O) groups is 2. The average Bonchev–Trinajstić information content (AvgIpc) is 2.54. The van der Waals surface area contributed by atoms with Crippen LogP contribution in [-0.2, 0) is 14.8 Å². The Hall–Kier alpha value is -2.71. The molecule has 2 rings (SSSR count). The van der Waals surface area contributed by atoms with Crippen LogP contribution in [0.5, 0.6) is 0 Å². The number of hydrogen-bond acceptors (Lipinski definition) is 4. The van der Waals surface area contributed by atoms with Crippen LogP contribution >= 0.6 is 0 Å². The highest BCUT2D eigenvalue weighted by Crippen LogP contribution is 2.19. The number of anilines is 2. The molecule has 0 aromatic heterocycles. The van der Waals surface area contributed by atoms with Gasteiger partial charge in [0.25, 0.3) is 5.91 Å². The van der Waals surface area contributed by atoms with Gasteiger partial charge in [0, 0.05) is 30.4 Å². The second-order valence-corrected chi connectivity index (χ2v) is 7.46. The highest BCUT2D eigenvalue weighted by molar-refractivity contribution is 7.89. The Labute approximate surface area is 152 Å². The van der Waals surface area contributed by atoms with E-state index in [0.29, 0.717) is 16.9 Å². The summed E-state index contributed by atoms with van der Waals surface area (Å²) in [6.45, 7) is 5.06. The Balaban J connectivity index is 2.28. The van der Waals surface area contributed by atoms with Crippen LogP contribution < -0.4 is 15.4 Å². The van der Waals surface area contributed by atoms with E-state index in [0.717, 1.165) is 0 Å². The van der Waals surface area contributed by atoms with Gasteiger partial charge in [-0.1, -0.05) is 19.1 Å². The summed E-state index contributed by atoms with van der Waals surface area (Å²) in [5, 5.41) is 5.35. The lowest BCUT2D eigenvalue weighted by atomic mass is 10.1. The van der Waals surface area contributed by atoms with Gasteiger partial charge in [0.2, 0.25) is 15.9 Å². The normalized spacial score (nSPS) is 11.0. The zero-order chi connectivity index (χ0) is 19.3. The molecular weight excluding hydrogens is 354 g/mol. The van der Waals surface area contributed by atoms with Crippen LogP contribution in [0.2, 0.25) is 0 Å². The van der Waals surface area contributed by atoms with Crippen molar-refractivity contribution >= 4 is 33.2 Å². The standard InChI is InChI=1S/C18H21N3O4S/c1-4-19-26(24,25)16-9-8-12(2)17(11-16)18(23)21-15-7-5-6-14(10-15)20-13(3)22/h5-11,19H,4H2,1-3H3,(H,20,22)(H,21,23). The molecule has 138 valence electrons.